The summed E-state index contributed by atoms with van der Waals surface area (Å²) in [6.45, 7) is 3.27. The SMILES string of the molecule is COCC(C)NC(N)=NCCc1cc2ccccc2[nH]1. The number of para-hydroxylation sites is 1. The summed E-state index contributed by atoms with van der Waals surface area (Å²) in [5.41, 5.74) is 8.15. The van der Waals surface area contributed by atoms with Gasteiger partial charge in [0.05, 0.1) is 6.61 Å². The first-order valence-electron chi connectivity index (χ1n) is 6.81. The standard InChI is InChI=1S/C15H22N4O/c1-11(10-20-2)18-15(16)17-8-7-13-9-12-5-3-4-6-14(12)19-13/h3-6,9,11,19H,7-8,10H2,1-2H3,(H3,16,17,18). The molecule has 1 heterocycles. The number of fused-ring (bicyclic) bond motifs is 1. The Labute approximate surface area is 119 Å². The number of H-pyrrole nitrogens is 1. The average Bonchev–Trinajstić information content (AvgIpc) is 2.81. The summed E-state index contributed by atoms with van der Waals surface area (Å²) in [4.78, 5) is 7.70. The molecule has 1 aromatic carbocycles. The van der Waals surface area contributed by atoms with Gasteiger partial charge in [0.25, 0.3) is 0 Å². The van der Waals surface area contributed by atoms with Crippen LogP contribution in [0.3, 0.4) is 0 Å². The van der Waals surface area contributed by atoms with Gasteiger partial charge < -0.3 is 20.8 Å². The number of nitrogens with one attached hydrogen (secondary N) is 2. The number of aromatic nitrogens is 1. The number of hydrogen-bond donors (Lipinski definition) is 3. The molecule has 1 aromatic heterocycles. The van der Waals surface area contributed by atoms with Crippen molar-refractivity contribution in [2.75, 3.05) is 20.3 Å². The number of rotatable bonds is 6. The number of nitrogens with two attached hydrogens (primary N) is 1. The molecule has 1 atom stereocenters. The van der Waals surface area contributed by atoms with Crippen LogP contribution in [0.4, 0.5) is 0 Å². The molecule has 1 unspecified atom stereocenters. The Hall–Kier alpha value is -2.01. The maximum atomic E-state index is 5.82. The minimum Gasteiger partial charge on any atom is -0.383 e. The molecule has 5 nitrogen and oxygen atoms in total. The van der Waals surface area contributed by atoms with Crippen LogP contribution in [-0.4, -0.2) is 37.2 Å². The van der Waals surface area contributed by atoms with E-state index in [2.05, 4.69) is 33.5 Å². The van der Waals surface area contributed by atoms with E-state index < -0.39 is 0 Å². The van der Waals surface area contributed by atoms with Gasteiger partial charge in [-0.3, -0.25) is 4.99 Å². The number of aromatic amines is 1. The van der Waals surface area contributed by atoms with Crippen LogP contribution in [-0.2, 0) is 11.2 Å². The minimum atomic E-state index is 0.164. The number of ether oxygens (including phenoxy) is 1. The van der Waals surface area contributed by atoms with E-state index in [0.717, 1.165) is 11.9 Å². The van der Waals surface area contributed by atoms with Crippen LogP contribution in [0.25, 0.3) is 10.9 Å². The van der Waals surface area contributed by atoms with Crippen molar-refractivity contribution in [2.45, 2.75) is 19.4 Å². The molecule has 4 N–H and O–H groups in total. The van der Waals surface area contributed by atoms with Crippen molar-refractivity contribution >= 4 is 16.9 Å². The fourth-order valence-electron chi connectivity index (χ4n) is 2.15. The van der Waals surface area contributed by atoms with Crippen molar-refractivity contribution in [1.29, 1.82) is 0 Å². The Morgan fingerprint density at radius 2 is 2.25 bits per heavy atom. The molecule has 2 rings (SSSR count). The first kappa shape index (κ1) is 14.4. The number of benzene rings is 1. The van der Waals surface area contributed by atoms with Crippen LogP contribution < -0.4 is 11.1 Å². The molecule has 0 aliphatic rings. The predicted octanol–water partition coefficient (Wildman–Crippen LogP) is 1.65. The largest absolute Gasteiger partial charge is 0.383 e. The lowest BCUT2D eigenvalue weighted by molar-refractivity contribution is 0.179. The molecule has 2 aromatic rings. The molecule has 0 fully saturated rings. The highest BCUT2D eigenvalue weighted by molar-refractivity contribution is 5.80. The molecule has 0 spiro atoms. The zero-order valence-corrected chi connectivity index (χ0v) is 12.0. The molecular weight excluding hydrogens is 252 g/mol. The lowest BCUT2D eigenvalue weighted by Crippen LogP contribution is -2.40. The molecule has 0 aliphatic carbocycles. The number of guanidine groups is 1. The van der Waals surface area contributed by atoms with E-state index in [1.54, 1.807) is 7.11 Å². The van der Waals surface area contributed by atoms with Crippen molar-refractivity contribution in [2.24, 2.45) is 10.7 Å². The lowest BCUT2D eigenvalue weighted by Gasteiger charge is -2.12. The Bertz CT molecular complexity index is 543. The van der Waals surface area contributed by atoms with Gasteiger partial charge in [0, 0.05) is 37.3 Å². The summed E-state index contributed by atoms with van der Waals surface area (Å²) < 4.78 is 5.03. The summed E-state index contributed by atoms with van der Waals surface area (Å²) >= 11 is 0. The van der Waals surface area contributed by atoms with Gasteiger partial charge in [-0.1, -0.05) is 18.2 Å². The second-order valence-electron chi connectivity index (χ2n) is 4.90. The van der Waals surface area contributed by atoms with Gasteiger partial charge in [-0.25, -0.2) is 0 Å². The van der Waals surface area contributed by atoms with E-state index in [0.29, 0.717) is 19.1 Å². The fourth-order valence-corrected chi connectivity index (χ4v) is 2.15. The Morgan fingerprint density at radius 1 is 1.45 bits per heavy atom. The molecule has 0 amide bonds. The van der Waals surface area contributed by atoms with Gasteiger partial charge in [0.2, 0.25) is 0 Å². The lowest BCUT2D eigenvalue weighted by atomic mass is 10.2. The Morgan fingerprint density at radius 3 is 3.00 bits per heavy atom. The van der Waals surface area contributed by atoms with Crippen LogP contribution in [0.2, 0.25) is 0 Å². The highest BCUT2D eigenvalue weighted by Gasteiger charge is 2.02. The normalized spacial score (nSPS) is 13.6. The quantitative estimate of drug-likeness (QED) is 0.554. The van der Waals surface area contributed by atoms with Gasteiger partial charge in [-0.05, 0) is 24.4 Å². The number of methoxy groups -OCH3 is 1. The van der Waals surface area contributed by atoms with Crippen molar-refractivity contribution in [1.82, 2.24) is 10.3 Å². The fraction of sp³-hybridized carbons (Fsp3) is 0.400. The zero-order valence-electron chi connectivity index (χ0n) is 12.0. The van der Waals surface area contributed by atoms with Crippen LogP contribution in [0.5, 0.6) is 0 Å². The molecule has 0 bridgehead atoms. The van der Waals surface area contributed by atoms with Crippen LogP contribution in [0.15, 0.2) is 35.3 Å². The molecule has 5 heteroatoms. The van der Waals surface area contributed by atoms with Crippen LogP contribution in [0.1, 0.15) is 12.6 Å². The van der Waals surface area contributed by atoms with Gasteiger partial charge in [0.15, 0.2) is 5.96 Å². The van der Waals surface area contributed by atoms with E-state index in [1.165, 1.54) is 11.1 Å². The molecule has 108 valence electrons. The van der Waals surface area contributed by atoms with Crippen molar-refractivity contribution in [3.05, 3.63) is 36.0 Å². The van der Waals surface area contributed by atoms with E-state index >= 15 is 0 Å². The summed E-state index contributed by atoms with van der Waals surface area (Å²) in [6.07, 6.45) is 0.843. The monoisotopic (exact) mass is 274 g/mol. The molecule has 0 aliphatic heterocycles. The van der Waals surface area contributed by atoms with Gasteiger partial charge >= 0.3 is 0 Å². The highest BCUT2D eigenvalue weighted by atomic mass is 16.5. The number of nitrogens with zero attached hydrogens (tertiary/aromatic N) is 1. The highest BCUT2D eigenvalue weighted by Crippen LogP contribution is 2.14. The van der Waals surface area contributed by atoms with E-state index in [-0.39, 0.29) is 6.04 Å². The summed E-state index contributed by atoms with van der Waals surface area (Å²) in [7, 11) is 1.67. The Balaban J connectivity index is 1.85. The summed E-state index contributed by atoms with van der Waals surface area (Å²) in [5, 5.41) is 4.31. The molecular formula is C15H22N4O. The third-order valence-electron chi connectivity index (χ3n) is 3.06. The maximum Gasteiger partial charge on any atom is 0.188 e. The first-order valence-corrected chi connectivity index (χ1v) is 6.81. The third-order valence-corrected chi connectivity index (χ3v) is 3.06. The van der Waals surface area contributed by atoms with E-state index in [1.807, 2.05) is 19.1 Å². The molecule has 0 saturated heterocycles. The summed E-state index contributed by atoms with van der Waals surface area (Å²) in [6, 6.07) is 10.6. The Kier molecular flexibility index (Phi) is 5.01. The third kappa shape index (κ3) is 3.99. The van der Waals surface area contributed by atoms with E-state index in [4.69, 9.17) is 10.5 Å². The average molecular weight is 274 g/mol. The number of hydrogen-bond acceptors (Lipinski definition) is 2. The zero-order chi connectivity index (χ0) is 14.4. The van der Waals surface area contributed by atoms with Crippen LogP contribution in [0, 0.1) is 0 Å². The first-order chi connectivity index (χ1) is 9.69. The molecule has 20 heavy (non-hydrogen) atoms. The van der Waals surface area contributed by atoms with Gasteiger partial charge in [-0.2, -0.15) is 0 Å². The van der Waals surface area contributed by atoms with Crippen molar-refractivity contribution in [3.63, 3.8) is 0 Å². The second kappa shape index (κ2) is 6.96. The van der Waals surface area contributed by atoms with Gasteiger partial charge in [-0.15, -0.1) is 0 Å². The van der Waals surface area contributed by atoms with Crippen molar-refractivity contribution < 1.29 is 4.74 Å². The van der Waals surface area contributed by atoms with E-state index in [9.17, 15) is 0 Å². The maximum absolute atomic E-state index is 5.82. The van der Waals surface area contributed by atoms with Crippen molar-refractivity contribution in [3.8, 4) is 0 Å². The smallest absolute Gasteiger partial charge is 0.188 e. The topological polar surface area (TPSA) is 75.4 Å². The molecule has 0 radical (unpaired) electrons. The molecule has 0 saturated carbocycles. The predicted molar refractivity (Wildman–Crippen MR) is 83.0 cm³/mol. The summed E-state index contributed by atoms with van der Waals surface area (Å²) in [5.74, 6) is 0.464. The second-order valence-corrected chi connectivity index (χ2v) is 4.90. The minimum absolute atomic E-state index is 0.164. The van der Waals surface area contributed by atoms with Gasteiger partial charge in [0.1, 0.15) is 0 Å². The van der Waals surface area contributed by atoms with Crippen LogP contribution >= 0.6 is 0 Å². The number of aliphatic imine (C=N–C) groups is 1.